The van der Waals surface area contributed by atoms with Crippen molar-refractivity contribution in [1.29, 1.82) is 0 Å². The molecule has 3 rings (SSSR count). The number of aromatic nitrogens is 1. The standard InChI is InChI=1S/C22H25N3O3/c1-3-16-28-20-6-4-18(17-21(20)27-2)5-7-22(26)25-14-12-24(13-15-25)19-8-10-23-11-9-19/h3-11,17H,1,12-16H2,2H3/p+1/b7-5+. The molecule has 0 atom stereocenters. The Balaban J connectivity index is 1.57. The largest absolute Gasteiger partial charge is 0.493 e. The van der Waals surface area contributed by atoms with Crippen LogP contribution in [0.3, 0.4) is 0 Å². The fourth-order valence-electron chi connectivity index (χ4n) is 3.10. The number of benzene rings is 1. The summed E-state index contributed by atoms with van der Waals surface area (Å²) in [7, 11) is 1.60. The third-order valence-corrected chi connectivity index (χ3v) is 4.62. The molecule has 1 aliphatic rings. The first-order valence-electron chi connectivity index (χ1n) is 9.31. The van der Waals surface area contributed by atoms with Crippen molar-refractivity contribution in [1.82, 2.24) is 4.90 Å². The van der Waals surface area contributed by atoms with Gasteiger partial charge >= 0.3 is 0 Å². The van der Waals surface area contributed by atoms with Crippen LogP contribution in [0.1, 0.15) is 5.56 Å². The van der Waals surface area contributed by atoms with Gasteiger partial charge in [-0.1, -0.05) is 18.7 Å². The van der Waals surface area contributed by atoms with E-state index in [2.05, 4.69) is 16.5 Å². The van der Waals surface area contributed by atoms with Crippen LogP contribution in [0.5, 0.6) is 11.5 Å². The maximum atomic E-state index is 12.5. The van der Waals surface area contributed by atoms with Gasteiger partial charge in [0.25, 0.3) is 0 Å². The van der Waals surface area contributed by atoms with E-state index >= 15 is 0 Å². The summed E-state index contributed by atoms with van der Waals surface area (Å²) >= 11 is 0. The molecule has 1 saturated heterocycles. The van der Waals surface area contributed by atoms with Crippen LogP contribution in [0.25, 0.3) is 6.08 Å². The lowest BCUT2D eigenvalue weighted by Gasteiger charge is -2.35. The lowest BCUT2D eigenvalue weighted by Crippen LogP contribution is -2.48. The maximum Gasteiger partial charge on any atom is 0.246 e. The molecule has 28 heavy (non-hydrogen) atoms. The lowest BCUT2D eigenvalue weighted by atomic mass is 10.1. The van der Waals surface area contributed by atoms with Gasteiger partial charge in [0, 0.05) is 50.1 Å². The normalized spacial score (nSPS) is 14.2. The molecular formula is C22H26N3O3+. The van der Waals surface area contributed by atoms with Crippen molar-refractivity contribution in [3.8, 4) is 11.5 Å². The molecule has 6 nitrogen and oxygen atoms in total. The Morgan fingerprint density at radius 1 is 1.14 bits per heavy atom. The van der Waals surface area contributed by atoms with E-state index in [1.807, 2.05) is 53.7 Å². The Bertz CT molecular complexity index is 828. The Hall–Kier alpha value is -3.28. The van der Waals surface area contributed by atoms with Crippen molar-refractivity contribution in [2.75, 3.05) is 44.8 Å². The number of hydrogen-bond acceptors (Lipinski definition) is 4. The van der Waals surface area contributed by atoms with Gasteiger partial charge in [-0.05, 0) is 23.8 Å². The molecule has 1 aromatic heterocycles. The van der Waals surface area contributed by atoms with Crippen LogP contribution in [0, 0.1) is 0 Å². The number of methoxy groups -OCH3 is 1. The number of piperazine rings is 1. The average Bonchev–Trinajstić information content (AvgIpc) is 2.77. The topological polar surface area (TPSA) is 56.2 Å². The minimum absolute atomic E-state index is 0.0204. The molecule has 1 N–H and O–H groups in total. The van der Waals surface area contributed by atoms with Crippen molar-refractivity contribution in [3.05, 3.63) is 67.0 Å². The monoisotopic (exact) mass is 380 g/mol. The van der Waals surface area contributed by atoms with Crippen molar-refractivity contribution in [2.45, 2.75) is 0 Å². The van der Waals surface area contributed by atoms with Crippen LogP contribution in [0.2, 0.25) is 0 Å². The second kappa shape index (κ2) is 9.60. The first-order valence-corrected chi connectivity index (χ1v) is 9.31. The van der Waals surface area contributed by atoms with Gasteiger partial charge in [-0.15, -0.1) is 0 Å². The summed E-state index contributed by atoms with van der Waals surface area (Å²) in [5.74, 6) is 1.30. The van der Waals surface area contributed by atoms with Gasteiger partial charge in [0.2, 0.25) is 5.91 Å². The molecule has 146 valence electrons. The zero-order valence-electron chi connectivity index (χ0n) is 16.1. The number of carbonyl (C=O) groups excluding carboxylic acids is 1. The number of carbonyl (C=O) groups is 1. The van der Waals surface area contributed by atoms with Crippen molar-refractivity contribution < 1.29 is 19.3 Å². The fraction of sp³-hybridized carbons (Fsp3) is 0.273. The number of H-pyrrole nitrogens is 1. The highest BCUT2D eigenvalue weighted by molar-refractivity contribution is 5.92. The summed E-state index contributed by atoms with van der Waals surface area (Å²) in [5, 5.41) is 0. The molecular weight excluding hydrogens is 354 g/mol. The van der Waals surface area contributed by atoms with E-state index in [4.69, 9.17) is 9.47 Å². The van der Waals surface area contributed by atoms with Crippen LogP contribution < -0.4 is 19.4 Å². The average molecular weight is 380 g/mol. The summed E-state index contributed by atoms with van der Waals surface area (Å²) < 4.78 is 10.9. The number of anilines is 1. The number of aromatic amines is 1. The van der Waals surface area contributed by atoms with E-state index < -0.39 is 0 Å². The number of hydrogen-bond donors (Lipinski definition) is 0. The third-order valence-electron chi connectivity index (χ3n) is 4.62. The highest BCUT2D eigenvalue weighted by Gasteiger charge is 2.20. The van der Waals surface area contributed by atoms with Gasteiger partial charge in [0.1, 0.15) is 6.61 Å². The quantitative estimate of drug-likeness (QED) is 0.547. The zero-order valence-corrected chi connectivity index (χ0v) is 16.1. The van der Waals surface area contributed by atoms with Gasteiger partial charge < -0.3 is 19.3 Å². The molecule has 2 aromatic rings. The number of nitrogens with one attached hydrogen (secondary N) is 1. The van der Waals surface area contributed by atoms with Crippen LogP contribution in [0.4, 0.5) is 5.69 Å². The Kier molecular flexibility index (Phi) is 6.68. The smallest absolute Gasteiger partial charge is 0.246 e. The number of rotatable bonds is 7. The minimum Gasteiger partial charge on any atom is -0.493 e. The number of nitrogens with zero attached hydrogens (tertiary/aromatic N) is 2. The second-order valence-corrected chi connectivity index (χ2v) is 6.41. The van der Waals surface area contributed by atoms with E-state index in [0.717, 1.165) is 18.7 Å². The van der Waals surface area contributed by atoms with E-state index in [9.17, 15) is 4.79 Å². The molecule has 1 fully saturated rings. The summed E-state index contributed by atoms with van der Waals surface area (Å²) in [6, 6.07) is 9.69. The molecule has 1 aromatic carbocycles. The zero-order chi connectivity index (χ0) is 19.8. The third kappa shape index (κ3) is 4.91. The summed E-state index contributed by atoms with van der Waals surface area (Å²) in [6.07, 6.45) is 8.94. The summed E-state index contributed by atoms with van der Waals surface area (Å²) in [5.41, 5.74) is 2.06. The maximum absolute atomic E-state index is 12.5. The van der Waals surface area contributed by atoms with E-state index in [1.54, 1.807) is 19.3 Å². The van der Waals surface area contributed by atoms with E-state index in [0.29, 0.717) is 31.2 Å². The molecule has 1 aliphatic heterocycles. The molecule has 6 heteroatoms. The molecule has 0 radical (unpaired) electrons. The van der Waals surface area contributed by atoms with Gasteiger partial charge in [-0.2, -0.15) is 0 Å². The predicted octanol–water partition coefficient (Wildman–Crippen LogP) is 2.44. The lowest BCUT2D eigenvalue weighted by molar-refractivity contribution is -0.377. The molecule has 1 amide bonds. The predicted molar refractivity (Wildman–Crippen MR) is 110 cm³/mol. The molecule has 2 heterocycles. The summed E-state index contributed by atoms with van der Waals surface area (Å²) in [6.45, 7) is 7.12. The van der Waals surface area contributed by atoms with Crippen molar-refractivity contribution in [2.24, 2.45) is 0 Å². The van der Waals surface area contributed by atoms with Crippen LogP contribution in [0.15, 0.2) is 61.5 Å². The molecule has 0 aliphatic carbocycles. The number of pyridine rings is 1. The number of amides is 1. The number of ether oxygens (including phenoxy) is 2. The Morgan fingerprint density at radius 3 is 2.57 bits per heavy atom. The second-order valence-electron chi connectivity index (χ2n) is 6.41. The van der Waals surface area contributed by atoms with Crippen LogP contribution in [-0.4, -0.2) is 50.7 Å². The Labute approximate surface area is 165 Å². The highest BCUT2D eigenvalue weighted by Crippen LogP contribution is 2.28. The van der Waals surface area contributed by atoms with E-state index in [-0.39, 0.29) is 5.91 Å². The fourth-order valence-corrected chi connectivity index (χ4v) is 3.10. The molecule has 0 spiro atoms. The van der Waals surface area contributed by atoms with Gasteiger partial charge in [0.15, 0.2) is 23.9 Å². The van der Waals surface area contributed by atoms with Gasteiger partial charge in [0.05, 0.1) is 7.11 Å². The van der Waals surface area contributed by atoms with Crippen molar-refractivity contribution in [3.63, 3.8) is 0 Å². The molecule has 0 saturated carbocycles. The highest BCUT2D eigenvalue weighted by atomic mass is 16.5. The van der Waals surface area contributed by atoms with Gasteiger partial charge in [-0.25, -0.2) is 4.98 Å². The van der Waals surface area contributed by atoms with Crippen molar-refractivity contribution >= 4 is 17.7 Å². The first kappa shape index (κ1) is 19.5. The first-order chi connectivity index (χ1) is 13.7. The minimum atomic E-state index is 0.0204. The van der Waals surface area contributed by atoms with Gasteiger partial charge in [-0.3, -0.25) is 4.79 Å². The van der Waals surface area contributed by atoms with Crippen LogP contribution >= 0.6 is 0 Å². The SMILES string of the molecule is C=CCOc1ccc(/C=C/C(=O)N2CCN(c3cc[nH+]cc3)CC2)cc1OC. The molecule has 0 bridgehead atoms. The van der Waals surface area contributed by atoms with E-state index in [1.165, 1.54) is 5.69 Å². The Morgan fingerprint density at radius 2 is 1.89 bits per heavy atom. The molecule has 0 unspecified atom stereocenters. The van der Waals surface area contributed by atoms with Crippen LogP contribution in [-0.2, 0) is 4.79 Å². The summed E-state index contributed by atoms with van der Waals surface area (Å²) in [4.78, 5) is 19.7.